The van der Waals surface area contributed by atoms with Gasteiger partial charge in [0.2, 0.25) is 10.0 Å². The van der Waals surface area contributed by atoms with Gasteiger partial charge in [0.15, 0.2) is 0 Å². The lowest BCUT2D eigenvalue weighted by Crippen LogP contribution is -2.29. The minimum Gasteiger partial charge on any atom is -0.481 e. The van der Waals surface area contributed by atoms with E-state index in [4.69, 9.17) is 11.2 Å². The number of hydrogen-bond donors (Lipinski definition) is 2. The fourth-order valence-electron chi connectivity index (χ4n) is 1.44. The van der Waals surface area contributed by atoms with E-state index in [9.17, 15) is 8.42 Å². The Morgan fingerprint density at radius 3 is 2.79 bits per heavy atom. The van der Waals surface area contributed by atoms with Crippen LogP contribution < -0.4 is 14.8 Å². The Balaban J connectivity index is 2.47. The van der Waals surface area contributed by atoms with Crippen molar-refractivity contribution in [3.8, 4) is 18.1 Å². The van der Waals surface area contributed by atoms with E-state index in [1.165, 1.54) is 7.05 Å². The van der Waals surface area contributed by atoms with Gasteiger partial charge in [0.25, 0.3) is 0 Å². The maximum atomic E-state index is 11.2. The first-order valence-corrected chi connectivity index (χ1v) is 7.50. The van der Waals surface area contributed by atoms with Crippen LogP contribution in [0.25, 0.3) is 0 Å². The summed E-state index contributed by atoms with van der Waals surface area (Å²) in [5, 5.41) is 3.06. The lowest BCUT2D eigenvalue weighted by molar-refractivity contribution is 0.365. The quantitative estimate of drug-likeness (QED) is 0.533. The van der Waals surface area contributed by atoms with Crippen molar-refractivity contribution in [2.45, 2.75) is 6.54 Å². The molecule has 6 heteroatoms. The second-order valence-corrected chi connectivity index (χ2v) is 5.85. The zero-order valence-corrected chi connectivity index (χ0v) is 11.7. The molecule has 104 valence electrons. The molecule has 0 heterocycles. The van der Waals surface area contributed by atoms with E-state index in [0.29, 0.717) is 18.8 Å². The van der Waals surface area contributed by atoms with Crippen LogP contribution in [-0.4, -0.2) is 34.4 Å². The van der Waals surface area contributed by atoms with Crippen molar-refractivity contribution in [1.82, 2.24) is 10.0 Å². The molecule has 2 N–H and O–H groups in total. The summed E-state index contributed by atoms with van der Waals surface area (Å²) in [5.41, 5.74) is 0.944. The SMILES string of the molecule is C#CCOc1ccccc1CNCCS(=O)(=O)NC. The summed E-state index contributed by atoms with van der Waals surface area (Å²) in [6, 6.07) is 7.50. The summed E-state index contributed by atoms with van der Waals surface area (Å²) >= 11 is 0. The Hall–Kier alpha value is -1.55. The molecule has 0 saturated heterocycles. The Morgan fingerprint density at radius 1 is 1.37 bits per heavy atom. The molecule has 0 saturated carbocycles. The Labute approximate surface area is 114 Å². The highest BCUT2D eigenvalue weighted by Gasteiger charge is 2.06. The minimum atomic E-state index is -3.17. The number of ether oxygens (including phenoxy) is 1. The molecule has 5 nitrogen and oxygen atoms in total. The van der Waals surface area contributed by atoms with Gasteiger partial charge >= 0.3 is 0 Å². The standard InChI is InChI=1S/C13H18N2O3S/c1-3-9-18-13-7-5-4-6-12(13)11-15-8-10-19(16,17)14-2/h1,4-7,14-15H,8-11H2,2H3. The van der Waals surface area contributed by atoms with Crippen LogP contribution in [0.3, 0.4) is 0 Å². The number of nitrogens with one attached hydrogen (secondary N) is 2. The Bertz CT molecular complexity index is 535. The zero-order chi connectivity index (χ0) is 14.1. The lowest BCUT2D eigenvalue weighted by atomic mass is 10.2. The van der Waals surface area contributed by atoms with E-state index in [1.54, 1.807) is 0 Å². The number of rotatable bonds is 8. The highest BCUT2D eigenvalue weighted by atomic mass is 32.2. The van der Waals surface area contributed by atoms with Crippen LogP contribution in [0, 0.1) is 12.3 Å². The molecule has 1 aromatic carbocycles. The largest absolute Gasteiger partial charge is 0.481 e. The van der Waals surface area contributed by atoms with Crippen molar-refractivity contribution in [1.29, 1.82) is 0 Å². The van der Waals surface area contributed by atoms with Gasteiger partial charge in [0.05, 0.1) is 5.75 Å². The number of terminal acetylenes is 1. The van der Waals surface area contributed by atoms with Gasteiger partial charge in [-0.25, -0.2) is 13.1 Å². The number of hydrogen-bond acceptors (Lipinski definition) is 4. The van der Waals surface area contributed by atoms with E-state index in [0.717, 1.165) is 5.56 Å². The van der Waals surface area contributed by atoms with Crippen molar-refractivity contribution >= 4 is 10.0 Å². The molecule has 0 aliphatic carbocycles. The summed E-state index contributed by atoms with van der Waals surface area (Å²) in [5.74, 6) is 3.16. The summed E-state index contributed by atoms with van der Waals surface area (Å²) in [6.45, 7) is 1.11. The van der Waals surface area contributed by atoms with Gasteiger partial charge in [-0.3, -0.25) is 0 Å². The topological polar surface area (TPSA) is 67.4 Å². The molecule has 0 radical (unpaired) electrons. The van der Waals surface area contributed by atoms with Crippen LogP contribution in [0.2, 0.25) is 0 Å². The average molecular weight is 282 g/mol. The fourth-order valence-corrected chi connectivity index (χ4v) is 2.06. The molecule has 19 heavy (non-hydrogen) atoms. The van der Waals surface area contributed by atoms with Gasteiger partial charge in [0, 0.05) is 18.7 Å². The van der Waals surface area contributed by atoms with Crippen molar-refractivity contribution in [3.05, 3.63) is 29.8 Å². The first kappa shape index (κ1) is 15.5. The van der Waals surface area contributed by atoms with E-state index < -0.39 is 10.0 Å². The minimum absolute atomic E-state index is 0.0386. The lowest BCUT2D eigenvalue weighted by Gasteiger charge is -2.10. The molecule has 0 aliphatic rings. The van der Waals surface area contributed by atoms with Gasteiger partial charge in [-0.2, -0.15) is 0 Å². The van der Waals surface area contributed by atoms with E-state index >= 15 is 0 Å². The third-order valence-electron chi connectivity index (χ3n) is 2.46. The first-order valence-electron chi connectivity index (χ1n) is 5.85. The predicted molar refractivity (Wildman–Crippen MR) is 75.3 cm³/mol. The van der Waals surface area contributed by atoms with Gasteiger partial charge in [-0.1, -0.05) is 24.1 Å². The molecule has 0 spiro atoms. The van der Waals surface area contributed by atoms with Crippen LogP contribution in [0.15, 0.2) is 24.3 Å². The molecular formula is C13H18N2O3S. The number of para-hydroxylation sites is 1. The maximum absolute atomic E-state index is 11.2. The van der Waals surface area contributed by atoms with E-state index in [2.05, 4.69) is 16.0 Å². The summed E-state index contributed by atoms with van der Waals surface area (Å²) in [7, 11) is -1.77. The molecule has 0 bridgehead atoms. The van der Waals surface area contributed by atoms with Crippen molar-refractivity contribution < 1.29 is 13.2 Å². The third kappa shape index (κ3) is 5.75. The van der Waals surface area contributed by atoms with Gasteiger partial charge < -0.3 is 10.1 Å². The van der Waals surface area contributed by atoms with Crippen LogP contribution in [0.1, 0.15) is 5.56 Å². The van der Waals surface area contributed by atoms with Crippen LogP contribution in [-0.2, 0) is 16.6 Å². The van der Waals surface area contributed by atoms with Crippen LogP contribution in [0.4, 0.5) is 0 Å². The summed E-state index contributed by atoms with van der Waals surface area (Å²) in [6.07, 6.45) is 5.15. The fraction of sp³-hybridized carbons (Fsp3) is 0.385. The molecular weight excluding hydrogens is 264 g/mol. The molecule has 0 atom stereocenters. The monoisotopic (exact) mass is 282 g/mol. The van der Waals surface area contributed by atoms with Crippen LogP contribution in [0.5, 0.6) is 5.75 Å². The summed E-state index contributed by atoms with van der Waals surface area (Å²) < 4.78 is 30.1. The zero-order valence-electron chi connectivity index (χ0n) is 10.8. The third-order valence-corrected chi connectivity index (χ3v) is 3.82. The molecule has 1 aromatic rings. The van der Waals surface area contributed by atoms with Crippen molar-refractivity contribution in [2.75, 3.05) is 26.0 Å². The molecule has 0 aromatic heterocycles. The van der Waals surface area contributed by atoms with Crippen LogP contribution >= 0.6 is 0 Å². The second kappa shape index (κ2) is 7.79. The normalized spacial score (nSPS) is 10.9. The predicted octanol–water partition coefficient (Wildman–Crippen LogP) is 0.337. The summed E-state index contributed by atoms with van der Waals surface area (Å²) in [4.78, 5) is 0. The number of sulfonamides is 1. The molecule has 0 aliphatic heterocycles. The highest BCUT2D eigenvalue weighted by Crippen LogP contribution is 2.17. The highest BCUT2D eigenvalue weighted by molar-refractivity contribution is 7.89. The number of benzene rings is 1. The Morgan fingerprint density at radius 2 is 2.11 bits per heavy atom. The average Bonchev–Trinajstić information content (AvgIpc) is 2.42. The molecule has 0 amide bonds. The second-order valence-electron chi connectivity index (χ2n) is 3.80. The smallest absolute Gasteiger partial charge is 0.212 e. The van der Waals surface area contributed by atoms with Crippen molar-refractivity contribution in [3.63, 3.8) is 0 Å². The molecule has 1 rings (SSSR count). The van der Waals surface area contributed by atoms with Gasteiger partial charge in [-0.15, -0.1) is 6.42 Å². The van der Waals surface area contributed by atoms with Gasteiger partial charge in [0.1, 0.15) is 12.4 Å². The van der Waals surface area contributed by atoms with E-state index in [-0.39, 0.29) is 12.4 Å². The maximum Gasteiger partial charge on any atom is 0.212 e. The molecule has 0 fully saturated rings. The molecule has 0 unspecified atom stereocenters. The van der Waals surface area contributed by atoms with Crippen molar-refractivity contribution in [2.24, 2.45) is 0 Å². The first-order chi connectivity index (χ1) is 9.09. The van der Waals surface area contributed by atoms with Gasteiger partial charge in [-0.05, 0) is 13.1 Å². The van der Waals surface area contributed by atoms with E-state index in [1.807, 2.05) is 24.3 Å². The Kier molecular flexibility index (Phi) is 6.36.